The van der Waals surface area contributed by atoms with Crippen LogP contribution in [0.2, 0.25) is 0 Å². The molecule has 2 aromatic carbocycles. The highest BCUT2D eigenvalue weighted by Crippen LogP contribution is 2.29. The summed E-state index contributed by atoms with van der Waals surface area (Å²) in [5, 5.41) is 13.6. The van der Waals surface area contributed by atoms with E-state index in [1.807, 2.05) is 37.3 Å². The number of hydrogen-bond acceptors (Lipinski definition) is 4. The Kier molecular flexibility index (Phi) is 4.43. The van der Waals surface area contributed by atoms with Gasteiger partial charge in [0.15, 0.2) is 0 Å². The van der Waals surface area contributed by atoms with E-state index in [0.717, 1.165) is 33.4 Å². The first-order valence-electron chi connectivity index (χ1n) is 8.47. The predicted octanol–water partition coefficient (Wildman–Crippen LogP) is 2.98. The molecule has 0 aliphatic rings. The lowest BCUT2D eigenvalue weighted by molar-refractivity contribution is 0.598. The summed E-state index contributed by atoms with van der Waals surface area (Å²) in [6, 6.07) is 16.0. The molecule has 0 aliphatic heterocycles. The molecule has 0 unspecified atom stereocenters. The molecule has 2 aromatic heterocycles. The van der Waals surface area contributed by atoms with Crippen LogP contribution in [-0.2, 0) is 10.0 Å². The summed E-state index contributed by atoms with van der Waals surface area (Å²) in [5.41, 5.74) is 4.66. The Morgan fingerprint density at radius 1 is 1.04 bits per heavy atom. The lowest BCUT2D eigenvalue weighted by atomic mass is 10.0. The number of sulfonamides is 1. The van der Waals surface area contributed by atoms with Crippen LogP contribution >= 0.6 is 0 Å². The van der Waals surface area contributed by atoms with Gasteiger partial charge in [0.1, 0.15) is 5.69 Å². The number of nitrogens with two attached hydrogens (primary N) is 1. The Bertz CT molecular complexity index is 1360. The summed E-state index contributed by atoms with van der Waals surface area (Å²) in [4.78, 5) is 4.42. The second kappa shape index (κ2) is 6.93. The first-order valence-corrected chi connectivity index (χ1v) is 10.0. The zero-order valence-electron chi connectivity index (χ0n) is 15.0. The fraction of sp³-hybridized carbons (Fsp3) is 0.0476. The minimum Gasteiger partial charge on any atom is -0.281 e. The minimum absolute atomic E-state index is 0.0311. The van der Waals surface area contributed by atoms with Crippen LogP contribution < -0.4 is 5.14 Å². The first-order chi connectivity index (χ1) is 13.4. The van der Waals surface area contributed by atoms with E-state index in [9.17, 15) is 8.42 Å². The van der Waals surface area contributed by atoms with E-state index < -0.39 is 10.0 Å². The highest BCUT2D eigenvalue weighted by molar-refractivity contribution is 7.89. The zero-order valence-corrected chi connectivity index (χ0v) is 15.8. The van der Waals surface area contributed by atoms with Crippen molar-refractivity contribution in [1.29, 1.82) is 0 Å². The van der Waals surface area contributed by atoms with Crippen LogP contribution in [0.5, 0.6) is 0 Å². The Labute approximate surface area is 162 Å². The molecular weight excluding hydrogens is 372 g/mol. The van der Waals surface area contributed by atoms with E-state index in [1.165, 1.54) is 12.1 Å². The van der Waals surface area contributed by atoms with E-state index in [2.05, 4.69) is 27.0 Å². The Morgan fingerprint density at radius 3 is 2.68 bits per heavy atom. The molecule has 6 nitrogen and oxygen atoms in total. The maximum absolute atomic E-state index is 11.5. The van der Waals surface area contributed by atoms with Crippen LogP contribution in [-0.4, -0.2) is 23.6 Å². The van der Waals surface area contributed by atoms with Crippen molar-refractivity contribution in [2.45, 2.75) is 11.8 Å². The maximum atomic E-state index is 11.5. The maximum Gasteiger partial charge on any atom is 0.238 e. The van der Waals surface area contributed by atoms with E-state index >= 15 is 0 Å². The lowest BCUT2D eigenvalue weighted by Crippen LogP contribution is -2.11. The topological polar surface area (TPSA) is 102 Å². The quantitative estimate of drug-likeness (QED) is 0.515. The standard InChI is InChI=1S/C21H16N4O2S/c1-14-17(10-9-15-5-4-6-16(13-15)28(22,26)27)21(25-24-14)19-11-12-23-20-8-3-2-7-18(19)20/h2-8,11-13H,1H3,(H,24,25)(H2,22,26,27). The van der Waals surface area contributed by atoms with Crippen LogP contribution in [0.3, 0.4) is 0 Å². The van der Waals surface area contributed by atoms with Gasteiger partial charge in [-0.1, -0.05) is 36.1 Å². The van der Waals surface area contributed by atoms with Crippen molar-refractivity contribution in [3.05, 3.63) is 77.6 Å². The molecule has 0 fully saturated rings. The van der Waals surface area contributed by atoms with Gasteiger partial charge in [-0.3, -0.25) is 10.1 Å². The number of nitrogens with one attached hydrogen (secondary N) is 1. The molecule has 7 heteroatoms. The number of aromatic nitrogens is 3. The van der Waals surface area contributed by atoms with Gasteiger partial charge in [0, 0.05) is 28.4 Å². The summed E-state index contributed by atoms with van der Waals surface area (Å²) >= 11 is 0. The van der Waals surface area contributed by atoms with Gasteiger partial charge >= 0.3 is 0 Å². The molecule has 4 aromatic rings. The third-order valence-corrected chi connectivity index (χ3v) is 5.26. The summed E-state index contributed by atoms with van der Waals surface area (Å²) in [7, 11) is -3.77. The number of aromatic amines is 1. The van der Waals surface area contributed by atoms with Gasteiger partial charge < -0.3 is 0 Å². The number of primary sulfonamides is 1. The highest BCUT2D eigenvalue weighted by atomic mass is 32.2. The molecule has 3 N–H and O–H groups in total. The lowest BCUT2D eigenvalue weighted by Gasteiger charge is -2.04. The number of nitrogens with zero attached hydrogens (tertiary/aromatic N) is 2. The average molecular weight is 388 g/mol. The van der Waals surface area contributed by atoms with E-state index in [4.69, 9.17) is 5.14 Å². The number of benzene rings is 2. The summed E-state index contributed by atoms with van der Waals surface area (Å²) < 4.78 is 23.1. The summed E-state index contributed by atoms with van der Waals surface area (Å²) in [6.45, 7) is 1.89. The number of pyridine rings is 1. The molecule has 0 atom stereocenters. The molecule has 0 aliphatic carbocycles. The van der Waals surface area contributed by atoms with Crippen molar-refractivity contribution in [2.24, 2.45) is 5.14 Å². The fourth-order valence-electron chi connectivity index (χ4n) is 2.96. The highest BCUT2D eigenvalue weighted by Gasteiger charge is 2.13. The molecule has 4 rings (SSSR count). The molecular formula is C21H16N4O2S. The number of rotatable bonds is 2. The van der Waals surface area contributed by atoms with Crippen molar-refractivity contribution in [2.75, 3.05) is 0 Å². The zero-order chi connectivity index (χ0) is 19.7. The van der Waals surface area contributed by atoms with Gasteiger partial charge in [0.05, 0.1) is 16.0 Å². The predicted molar refractivity (Wildman–Crippen MR) is 108 cm³/mol. The van der Waals surface area contributed by atoms with Crippen molar-refractivity contribution < 1.29 is 8.42 Å². The smallest absolute Gasteiger partial charge is 0.238 e. The molecule has 0 amide bonds. The Morgan fingerprint density at radius 2 is 1.86 bits per heavy atom. The second-order valence-corrected chi connectivity index (χ2v) is 7.83. The van der Waals surface area contributed by atoms with Gasteiger partial charge in [0.2, 0.25) is 10.0 Å². The van der Waals surface area contributed by atoms with Crippen molar-refractivity contribution in [3.8, 4) is 23.1 Å². The molecule has 0 bridgehead atoms. The normalized spacial score (nSPS) is 11.2. The molecule has 0 saturated heterocycles. The van der Waals surface area contributed by atoms with E-state index in [1.54, 1.807) is 18.3 Å². The summed E-state index contributed by atoms with van der Waals surface area (Å²) in [6.07, 6.45) is 1.74. The molecule has 28 heavy (non-hydrogen) atoms. The van der Waals surface area contributed by atoms with Crippen LogP contribution in [0, 0.1) is 18.8 Å². The number of para-hydroxylation sites is 1. The van der Waals surface area contributed by atoms with E-state index in [-0.39, 0.29) is 4.90 Å². The number of aryl methyl sites for hydroxylation is 1. The van der Waals surface area contributed by atoms with E-state index in [0.29, 0.717) is 5.56 Å². The third kappa shape index (κ3) is 3.39. The summed E-state index contributed by atoms with van der Waals surface area (Å²) in [5.74, 6) is 6.13. The fourth-order valence-corrected chi connectivity index (χ4v) is 3.52. The number of H-pyrrole nitrogens is 1. The van der Waals surface area contributed by atoms with Crippen molar-refractivity contribution in [1.82, 2.24) is 15.2 Å². The van der Waals surface area contributed by atoms with Crippen LogP contribution in [0.1, 0.15) is 16.8 Å². The van der Waals surface area contributed by atoms with Crippen LogP contribution in [0.15, 0.2) is 65.7 Å². The van der Waals surface area contributed by atoms with Crippen molar-refractivity contribution >= 4 is 20.9 Å². The molecule has 0 radical (unpaired) electrons. The third-order valence-electron chi connectivity index (χ3n) is 4.35. The first kappa shape index (κ1) is 17.9. The number of fused-ring (bicyclic) bond motifs is 1. The largest absolute Gasteiger partial charge is 0.281 e. The van der Waals surface area contributed by atoms with Gasteiger partial charge in [-0.05, 0) is 37.3 Å². The van der Waals surface area contributed by atoms with Crippen LogP contribution in [0.4, 0.5) is 0 Å². The molecule has 138 valence electrons. The minimum atomic E-state index is -3.77. The van der Waals surface area contributed by atoms with Crippen molar-refractivity contribution in [3.63, 3.8) is 0 Å². The van der Waals surface area contributed by atoms with Gasteiger partial charge in [-0.25, -0.2) is 13.6 Å². The SMILES string of the molecule is Cc1[nH]nc(-c2ccnc3ccccc23)c1C#Cc1cccc(S(N)(=O)=O)c1. The van der Waals surface area contributed by atoms with Gasteiger partial charge in [-0.2, -0.15) is 5.10 Å². The molecule has 0 saturated carbocycles. The number of hydrogen-bond donors (Lipinski definition) is 2. The molecule has 2 heterocycles. The molecule has 0 spiro atoms. The Balaban J connectivity index is 1.83. The van der Waals surface area contributed by atoms with Crippen LogP contribution in [0.25, 0.3) is 22.2 Å². The Hall–Kier alpha value is -3.47. The second-order valence-electron chi connectivity index (χ2n) is 6.27. The average Bonchev–Trinajstić information content (AvgIpc) is 3.06. The monoisotopic (exact) mass is 388 g/mol. The van der Waals surface area contributed by atoms with Gasteiger partial charge in [-0.15, -0.1) is 0 Å². The van der Waals surface area contributed by atoms with Gasteiger partial charge in [0.25, 0.3) is 0 Å².